The van der Waals surface area contributed by atoms with E-state index in [-0.39, 0.29) is 22.3 Å². The third kappa shape index (κ3) is 3.82. The lowest BCUT2D eigenvalue weighted by atomic mass is 9.85. The van der Waals surface area contributed by atoms with Crippen LogP contribution in [0, 0.1) is 11.4 Å². The number of pyridine rings is 1. The number of nitrogens with zero attached hydrogens (tertiary/aromatic N) is 3. The molecule has 0 saturated carbocycles. The number of aromatic nitrogens is 3. The molecule has 1 aliphatic rings. The topological polar surface area (TPSA) is 73.9 Å². The zero-order chi connectivity index (χ0) is 18.2. The Morgan fingerprint density at radius 1 is 1.40 bits per heavy atom. The fourth-order valence-electron chi connectivity index (χ4n) is 2.87. The maximum Gasteiger partial charge on any atom is 0.272 e. The standard InChI is InChI=1S/C17H21ClFN5O/c1-17(2,3)11-9-24(7-6-20-11)15-13(18)16(25)23-14(22-15)10-4-5-21-12(19)8-10/h4-5,8,11,20H,6-7,9H2,1-3H3,(H,22,23,25)/t11-/m1/s1. The van der Waals surface area contributed by atoms with Gasteiger partial charge in [-0.3, -0.25) is 4.79 Å². The van der Waals surface area contributed by atoms with Crippen molar-refractivity contribution in [3.63, 3.8) is 0 Å². The molecule has 8 heteroatoms. The first-order valence-corrected chi connectivity index (χ1v) is 8.53. The van der Waals surface area contributed by atoms with Crippen LogP contribution in [0.2, 0.25) is 5.02 Å². The maximum absolute atomic E-state index is 13.4. The van der Waals surface area contributed by atoms with Crippen LogP contribution in [-0.4, -0.2) is 40.6 Å². The Labute approximate surface area is 150 Å². The summed E-state index contributed by atoms with van der Waals surface area (Å²) in [5.74, 6) is 0.0662. The second kappa shape index (κ2) is 6.72. The summed E-state index contributed by atoms with van der Waals surface area (Å²) in [5, 5.41) is 3.54. The molecular formula is C17H21ClFN5O. The lowest BCUT2D eigenvalue weighted by Crippen LogP contribution is -2.56. The lowest BCUT2D eigenvalue weighted by Gasteiger charge is -2.41. The SMILES string of the molecule is CC(C)(C)[C@H]1CN(c2nc(-c3ccnc(F)c3)[nH]c(=O)c2Cl)CCN1. The van der Waals surface area contributed by atoms with E-state index in [4.69, 9.17) is 11.6 Å². The van der Waals surface area contributed by atoms with Gasteiger partial charge in [0.1, 0.15) is 10.8 Å². The fraction of sp³-hybridized carbons (Fsp3) is 0.471. The van der Waals surface area contributed by atoms with E-state index in [1.807, 2.05) is 4.90 Å². The largest absolute Gasteiger partial charge is 0.352 e. The molecule has 1 fully saturated rings. The minimum absolute atomic E-state index is 0.0489. The second-order valence-electron chi connectivity index (χ2n) is 7.24. The van der Waals surface area contributed by atoms with Gasteiger partial charge in [0.25, 0.3) is 5.56 Å². The summed E-state index contributed by atoms with van der Waals surface area (Å²) < 4.78 is 13.4. The molecule has 2 N–H and O–H groups in total. The molecule has 3 heterocycles. The molecule has 3 rings (SSSR count). The zero-order valence-electron chi connectivity index (χ0n) is 14.4. The van der Waals surface area contributed by atoms with Crippen LogP contribution in [0.3, 0.4) is 0 Å². The summed E-state index contributed by atoms with van der Waals surface area (Å²) in [7, 11) is 0. The van der Waals surface area contributed by atoms with Gasteiger partial charge in [-0.15, -0.1) is 0 Å². The van der Waals surface area contributed by atoms with Gasteiger partial charge in [-0.2, -0.15) is 4.39 Å². The van der Waals surface area contributed by atoms with Crippen LogP contribution in [0.4, 0.5) is 10.2 Å². The highest BCUT2D eigenvalue weighted by Crippen LogP contribution is 2.28. The maximum atomic E-state index is 13.4. The highest BCUT2D eigenvalue weighted by Gasteiger charge is 2.31. The molecular weight excluding hydrogens is 345 g/mol. The van der Waals surface area contributed by atoms with Crippen LogP contribution in [0.25, 0.3) is 11.4 Å². The van der Waals surface area contributed by atoms with Crippen molar-refractivity contribution in [2.75, 3.05) is 24.5 Å². The average Bonchev–Trinajstić information content (AvgIpc) is 2.56. The van der Waals surface area contributed by atoms with E-state index in [1.165, 1.54) is 12.3 Å². The molecule has 6 nitrogen and oxygen atoms in total. The van der Waals surface area contributed by atoms with Crippen LogP contribution >= 0.6 is 11.6 Å². The number of nitrogens with one attached hydrogen (secondary N) is 2. The lowest BCUT2D eigenvalue weighted by molar-refractivity contribution is 0.253. The number of anilines is 1. The van der Waals surface area contributed by atoms with Gasteiger partial charge in [-0.25, -0.2) is 9.97 Å². The highest BCUT2D eigenvalue weighted by atomic mass is 35.5. The average molecular weight is 366 g/mol. The first-order valence-electron chi connectivity index (χ1n) is 8.16. The zero-order valence-corrected chi connectivity index (χ0v) is 15.2. The predicted molar refractivity (Wildman–Crippen MR) is 96.5 cm³/mol. The van der Waals surface area contributed by atoms with Crippen LogP contribution in [0.1, 0.15) is 20.8 Å². The molecule has 0 bridgehead atoms. The summed E-state index contributed by atoms with van der Waals surface area (Å²) in [4.78, 5) is 24.9. The molecule has 0 unspecified atom stereocenters. The van der Waals surface area contributed by atoms with E-state index in [1.54, 1.807) is 6.07 Å². The van der Waals surface area contributed by atoms with Crippen molar-refractivity contribution < 1.29 is 4.39 Å². The minimum atomic E-state index is -0.633. The summed E-state index contributed by atoms with van der Waals surface area (Å²) in [5.41, 5.74) is 0.0680. The smallest absolute Gasteiger partial charge is 0.272 e. The minimum Gasteiger partial charge on any atom is -0.352 e. The van der Waals surface area contributed by atoms with Crippen molar-refractivity contribution in [3.05, 3.63) is 39.7 Å². The van der Waals surface area contributed by atoms with Gasteiger partial charge >= 0.3 is 0 Å². The van der Waals surface area contributed by atoms with Gasteiger partial charge in [0.2, 0.25) is 5.95 Å². The molecule has 1 atom stereocenters. The molecule has 25 heavy (non-hydrogen) atoms. The Balaban J connectivity index is 2.00. The first-order chi connectivity index (χ1) is 11.8. The number of hydrogen-bond donors (Lipinski definition) is 2. The van der Waals surface area contributed by atoms with Crippen molar-refractivity contribution in [1.29, 1.82) is 0 Å². The van der Waals surface area contributed by atoms with Crippen molar-refractivity contribution in [2.45, 2.75) is 26.8 Å². The third-order valence-corrected chi connectivity index (χ3v) is 4.71. The van der Waals surface area contributed by atoms with Crippen LogP contribution in [0.15, 0.2) is 23.1 Å². The van der Waals surface area contributed by atoms with Gasteiger partial charge in [0, 0.05) is 43.5 Å². The summed E-state index contributed by atoms with van der Waals surface area (Å²) in [6.45, 7) is 8.62. The number of aromatic amines is 1. The number of hydrogen-bond acceptors (Lipinski definition) is 5. The van der Waals surface area contributed by atoms with Crippen molar-refractivity contribution >= 4 is 17.4 Å². The second-order valence-corrected chi connectivity index (χ2v) is 7.62. The Hall–Kier alpha value is -1.99. The van der Waals surface area contributed by atoms with Crippen molar-refractivity contribution in [3.8, 4) is 11.4 Å². The van der Waals surface area contributed by atoms with Gasteiger partial charge in [0.15, 0.2) is 5.82 Å². The van der Waals surface area contributed by atoms with E-state index in [0.29, 0.717) is 24.5 Å². The molecule has 2 aromatic rings. The van der Waals surface area contributed by atoms with Gasteiger partial charge in [-0.1, -0.05) is 32.4 Å². The van der Waals surface area contributed by atoms with Crippen LogP contribution < -0.4 is 15.8 Å². The quantitative estimate of drug-likeness (QED) is 0.800. The van der Waals surface area contributed by atoms with Gasteiger partial charge < -0.3 is 15.2 Å². The molecule has 0 radical (unpaired) electrons. The van der Waals surface area contributed by atoms with Gasteiger partial charge in [0.05, 0.1) is 0 Å². The molecule has 1 saturated heterocycles. The fourth-order valence-corrected chi connectivity index (χ4v) is 3.07. The van der Waals surface area contributed by atoms with E-state index < -0.39 is 11.5 Å². The van der Waals surface area contributed by atoms with Crippen LogP contribution in [0.5, 0.6) is 0 Å². The van der Waals surface area contributed by atoms with Crippen LogP contribution in [-0.2, 0) is 0 Å². The molecule has 134 valence electrons. The molecule has 2 aromatic heterocycles. The number of halogens is 2. The number of piperazine rings is 1. The predicted octanol–water partition coefficient (Wildman–Crippen LogP) is 2.45. The highest BCUT2D eigenvalue weighted by molar-refractivity contribution is 6.32. The first kappa shape index (κ1) is 17.8. The summed E-state index contributed by atoms with van der Waals surface area (Å²) in [6.07, 6.45) is 1.33. The number of rotatable bonds is 2. The van der Waals surface area contributed by atoms with E-state index >= 15 is 0 Å². The molecule has 1 aliphatic heterocycles. The van der Waals surface area contributed by atoms with Crippen molar-refractivity contribution in [2.24, 2.45) is 5.41 Å². The van der Waals surface area contributed by atoms with E-state index in [2.05, 4.69) is 41.0 Å². The Bertz CT molecular complexity index is 833. The monoisotopic (exact) mass is 365 g/mol. The Morgan fingerprint density at radius 2 is 2.16 bits per heavy atom. The number of H-pyrrole nitrogens is 1. The molecule has 0 amide bonds. The molecule has 0 aromatic carbocycles. The normalized spacial score (nSPS) is 18.4. The summed E-state index contributed by atoms with van der Waals surface area (Å²) >= 11 is 6.22. The van der Waals surface area contributed by atoms with Crippen molar-refractivity contribution in [1.82, 2.24) is 20.3 Å². The van der Waals surface area contributed by atoms with Gasteiger partial charge in [-0.05, 0) is 11.5 Å². The molecule has 0 spiro atoms. The van der Waals surface area contributed by atoms with E-state index in [9.17, 15) is 9.18 Å². The third-order valence-electron chi connectivity index (χ3n) is 4.37. The Kier molecular flexibility index (Phi) is 4.79. The summed E-state index contributed by atoms with van der Waals surface area (Å²) in [6, 6.07) is 3.06. The van der Waals surface area contributed by atoms with E-state index in [0.717, 1.165) is 6.54 Å². The Morgan fingerprint density at radius 3 is 2.84 bits per heavy atom. The molecule has 0 aliphatic carbocycles.